The first-order valence-electron chi connectivity index (χ1n) is 10.0. The average Bonchev–Trinajstić information content (AvgIpc) is 2.68. The van der Waals surface area contributed by atoms with Gasteiger partial charge in [0.1, 0.15) is 5.82 Å². The lowest BCUT2D eigenvalue weighted by atomic mass is 9.87. The maximum Gasteiger partial charge on any atom is 0.229 e. The molecular weight excluding hydrogens is 358 g/mol. The van der Waals surface area contributed by atoms with E-state index in [0.29, 0.717) is 5.95 Å². The van der Waals surface area contributed by atoms with Crippen molar-refractivity contribution in [3.05, 3.63) is 66.2 Å². The molecule has 1 aromatic heterocycles. The molecule has 5 nitrogen and oxygen atoms in total. The summed E-state index contributed by atoms with van der Waals surface area (Å²) in [6.07, 6.45) is 0. The van der Waals surface area contributed by atoms with Crippen LogP contribution in [0.4, 0.5) is 17.5 Å². The number of likely N-dealkylation sites (N-methyl/N-ethyl adjacent to an activating group) is 1. The fourth-order valence-corrected chi connectivity index (χ4v) is 2.94. The van der Waals surface area contributed by atoms with Gasteiger partial charge in [0.2, 0.25) is 5.95 Å². The quantitative estimate of drug-likeness (QED) is 0.585. The highest BCUT2D eigenvalue weighted by molar-refractivity contribution is 5.66. The number of hydrogen-bond acceptors (Lipinski definition) is 5. The van der Waals surface area contributed by atoms with Crippen molar-refractivity contribution in [2.24, 2.45) is 0 Å². The second-order valence-electron chi connectivity index (χ2n) is 8.51. The topological polar surface area (TPSA) is 53.1 Å². The van der Waals surface area contributed by atoms with E-state index in [0.717, 1.165) is 35.9 Å². The summed E-state index contributed by atoms with van der Waals surface area (Å²) in [5, 5.41) is 6.77. The molecule has 0 aliphatic heterocycles. The van der Waals surface area contributed by atoms with Crippen LogP contribution < -0.4 is 10.6 Å². The Morgan fingerprint density at radius 1 is 0.897 bits per heavy atom. The molecule has 29 heavy (non-hydrogen) atoms. The van der Waals surface area contributed by atoms with Gasteiger partial charge in [0.15, 0.2) is 0 Å². The summed E-state index contributed by atoms with van der Waals surface area (Å²) >= 11 is 0. The Hall–Kier alpha value is -2.92. The van der Waals surface area contributed by atoms with Crippen molar-refractivity contribution in [1.82, 2.24) is 14.9 Å². The number of benzene rings is 2. The van der Waals surface area contributed by atoms with Crippen molar-refractivity contribution < 1.29 is 0 Å². The van der Waals surface area contributed by atoms with E-state index in [2.05, 4.69) is 91.8 Å². The minimum absolute atomic E-state index is 0.131. The molecule has 5 heteroatoms. The van der Waals surface area contributed by atoms with E-state index in [1.54, 1.807) is 0 Å². The molecule has 0 unspecified atom stereocenters. The van der Waals surface area contributed by atoms with Crippen LogP contribution in [0.5, 0.6) is 0 Å². The number of anilines is 3. The Balaban J connectivity index is 1.86. The van der Waals surface area contributed by atoms with Gasteiger partial charge in [-0.1, -0.05) is 63.2 Å². The summed E-state index contributed by atoms with van der Waals surface area (Å²) in [5.41, 5.74) is 4.36. The van der Waals surface area contributed by atoms with E-state index in [4.69, 9.17) is 4.98 Å². The number of nitrogens with one attached hydrogen (secondary N) is 2. The number of hydrogen-bond donors (Lipinski definition) is 2. The van der Waals surface area contributed by atoms with Crippen molar-refractivity contribution in [2.45, 2.75) is 26.2 Å². The smallest absolute Gasteiger partial charge is 0.229 e. The molecule has 0 fully saturated rings. The van der Waals surface area contributed by atoms with Crippen molar-refractivity contribution in [1.29, 1.82) is 0 Å². The minimum atomic E-state index is 0.131. The Morgan fingerprint density at radius 3 is 2.21 bits per heavy atom. The lowest BCUT2D eigenvalue weighted by molar-refractivity contribution is 0.425. The normalized spacial score (nSPS) is 11.5. The predicted molar refractivity (Wildman–Crippen MR) is 123 cm³/mol. The average molecular weight is 390 g/mol. The molecule has 0 spiro atoms. The van der Waals surface area contributed by atoms with Crippen LogP contribution in [-0.2, 0) is 5.41 Å². The summed E-state index contributed by atoms with van der Waals surface area (Å²) in [7, 11) is 4.12. The van der Waals surface area contributed by atoms with Crippen molar-refractivity contribution in [3.8, 4) is 11.3 Å². The van der Waals surface area contributed by atoms with Crippen molar-refractivity contribution in [3.63, 3.8) is 0 Å². The van der Waals surface area contributed by atoms with Crippen LogP contribution in [0.25, 0.3) is 11.3 Å². The molecule has 0 radical (unpaired) electrons. The van der Waals surface area contributed by atoms with Crippen LogP contribution in [-0.4, -0.2) is 42.1 Å². The maximum absolute atomic E-state index is 4.74. The summed E-state index contributed by atoms with van der Waals surface area (Å²) in [6, 6.07) is 20.6. The van der Waals surface area contributed by atoms with E-state index in [9.17, 15) is 0 Å². The summed E-state index contributed by atoms with van der Waals surface area (Å²) in [6.45, 7) is 8.40. The minimum Gasteiger partial charge on any atom is -0.369 e. The van der Waals surface area contributed by atoms with Crippen LogP contribution in [0.1, 0.15) is 26.3 Å². The van der Waals surface area contributed by atoms with Crippen LogP contribution in [0.15, 0.2) is 60.7 Å². The van der Waals surface area contributed by atoms with Crippen LogP contribution in [0.3, 0.4) is 0 Å². The van der Waals surface area contributed by atoms with Gasteiger partial charge in [-0.25, -0.2) is 4.98 Å². The lowest BCUT2D eigenvalue weighted by Gasteiger charge is -2.19. The van der Waals surface area contributed by atoms with E-state index < -0.39 is 0 Å². The molecular formula is C24H31N5. The third-order valence-corrected chi connectivity index (χ3v) is 4.67. The Morgan fingerprint density at radius 2 is 1.59 bits per heavy atom. The Kier molecular flexibility index (Phi) is 6.49. The molecule has 3 rings (SSSR count). The fourth-order valence-electron chi connectivity index (χ4n) is 2.94. The molecule has 152 valence electrons. The molecule has 0 atom stereocenters. The zero-order valence-corrected chi connectivity index (χ0v) is 18.0. The molecule has 0 aliphatic carbocycles. The molecule has 2 N–H and O–H groups in total. The molecule has 0 amide bonds. The first-order chi connectivity index (χ1) is 13.8. The standard InChI is InChI=1S/C24H31N5/c1-24(2,3)19-11-13-20(14-12-19)26-23-27-21(18-9-7-6-8-10-18)17-22(28-23)25-15-16-29(4)5/h6-14,17H,15-16H2,1-5H3,(H2,25,26,27,28). The van der Waals surface area contributed by atoms with Crippen LogP contribution in [0.2, 0.25) is 0 Å². The Bertz CT molecular complexity index is 912. The third kappa shape index (κ3) is 6.03. The third-order valence-electron chi connectivity index (χ3n) is 4.67. The highest BCUT2D eigenvalue weighted by Crippen LogP contribution is 2.26. The molecule has 0 saturated carbocycles. The molecule has 1 heterocycles. The van der Waals surface area contributed by atoms with Crippen LogP contribution in [0, 0.1) is 0 Å². The monoisotopic (exact) mass is 389 g/mol. The van der Waals surface area contributed by atoms with Gasteiger partial charge in [0.05, 0.1) is 5.69 Å². The molecule has 2 aromatic carbocycles. The van der Waals surface area contributed by atoms with E-state index in [1.165, 1.54) is 5.56 Å². The van der Waals surface area contributed by atoms with Gasteiger partial charge in [0.25, 0.3) is 0 Å². The maximum atomic E-state index is 4.74. The first kappa shape index (κ1) is 20.8. The summed E-state index contributed by atoms with van der Waals surface area (Å²) in [5.74, 6) is 1.40. The molecule has 0 bridgehead atoms. The molecule has 3 aromatic rings. The highest BCUT2D eigenvalue weighted by Gasteiger charge is 2.13. The second kappa shape index (κ2) is 9.05. The second-order valence-corrected chi connectivity index (χ2v) is 8.51. The van der Waals surface area contributed by atoms with Gasteiger partial charge in [-0.15, -0.1) is 0 Å². The van der Waals surface area contributed by atoms with Crippen molar-refractivity contribution >= 4 is 17.5 Å². The molecule has 0 saturated heterocycles. The zero-order chi connectivity index (χ0) is 20.9. The molecule has 0 aliphatic rings. The first-order valence-corrected chi connectivity index (χ1v) is 10.0. The Labute approximate surface area is 174 Å². The van der Waals surface area contributed by atoms with E-state index >= 15 is 0 Å². The van der Waals surface area contributed by atoms with Gasteiger partial charge in [-0.3, -0.25) is 0 Å². The SMILES string of the molecule is CN(C)CCNc1cc(-c2ccccc2)nc(Nc2ccc(C(C)(C)C)cc2)n1. The van der Waals surface area contributed by atoms with Gasteiger partial charge < -0.3 is 15.5 Å². The van der Waals surface area contributed by atoms with Crippen molar-refractivity contribution in [2.75, 3.05) is 37.8 Å². The highest BCUT2D eigenvalue weighted by atomic mass is 15.2. The fraction of sp³-hybridized carbons (Fsp3) is 0.333. The van der Waals surface area contributed by atoms with E-state index in [-0.39, 0.29) is 5.41 Å². The van der Waals surface area contributed by atoms with Crippen LogP contribution >= 0.6 is 0 Å². The zero-order valence-electron chi connectivity index (χ0n) is 18.0. The van der Waals surface area contributed by atoms with Gasteiger partial charge in [0, 0.05) is 30.4 Å². The number of aromatic nitrogens is 2. The number of nitrogens with zero attached hydrogens (tertiary/aromatic N) is 3. The van der Waals surface area contributed by atoms with Gasteiger partial charge in [-0.2, -0.15) is 4.98 Å². The summed E-state index contributed by atoms with van der Waals surface area (Å²) in [4.78, 5) is 11.6. The summed E-state index contributed by atoms with van der Waals surface area (Å²) < 4.78 is 0. The lowest BCUT2D eigenvalue weighted by Crippen LogP contribution is -2.21. The van der Waals surface area contributed by atoms with E-state index in [1.807, 2.05) is 24.3 Å². The number of rotatable bonds is 7. The largest absolute Gasteiger partial charge is 0.369 e. The van der Waals surface area contributed by atoms with Gasteiger partial charge in [-0.05, 0) is 37.2 Å². The predicted octanol–water partition coefficient (Wildman–Crippen LogP) is 5.16. The van der Waals surface area contributed by atoms with Gasteiger partial charge >= 0.3 is 0 Å².